The first kappa shape index (κ1) is 7.46. The van der Waals surface area contributed by atoms with Gasteiger partial charge in [-0.25, -0.2) is 15.4 Å². The minimum absolute atomic E-state index is 0.126. The number of halogens is 2. The van der Waals surface area contributed by atoms with Crippen molar-refractivity contribution in [2.45, 2.75) is 31.7 Å². The van der Waals surface area contributed by atoms with Crippen molar-refractivity contribution >= 4 is 0 Å². The van der Waals surface area contributed by atoms with Crippen molar-refractivity contribution < 1.29 is 8.78 Å². The van der Waals surface area contributed by atoms with Crippen LogP contribution in [0.4, 0.5) is 8.78 Å². The van der Waals surface area contributed by atoms with Crippen LogP contribution >= 0.6 is 0 Å². The Bertz CT molecular complexity index is 150. The van der Waals surface area contributed by atoms with Gasteiger partial charge in [0.1, 0.15) is 0 Å². The van der Waals surface area contributed by atoms with E-state index in [4.69, 9.17) is 6.57 Å². The molecule has 0 aromatic heterocycles. The SMILES string of the molecule is [C-]#[N+]C1CCC(C(F)F)C1. The van der Waals surface area contributed by atoms with E-state index in [1.54, 1.807) is 0 Å². The molecule has 0 aromatic carbocycles. The minimum Gasteiger partial charge on any atom is -0.314 e. The molecule has 0 bridgehead atoms. The zero-order valence-corrected chi connectivity index (χ0v) is 5.56. The van der Waals surface area contributed by atoms with E-state index in [1.165, 1.54) is 0 Å². The van der Waals surface area contributed by atoms with Crippen molar-refractivity contribution in [3.63, 3.8) is 0 Å². The summed E-state index contributed by atoms with van der Waals surface area (Å²) in [5, 5.41) is 0. The summed E-state index contributed by atoms with van der Waals surface area (Å²) in [6, 6.07) is -0.126. The number of alkyl halides is 2. The molecule has 2 atom stereocenters. The van der Waals surface area contributed by atoms with Crippen LogP contribution in [0.2, 0.25) is 0 Å². The molecule has 10 heavy (non-hydrogen) atoms. The third-order valence-corrected chi connectivity index (χ3v) is 1.98. The van der Waals surface area contributed by atoms with Gasteiger partial charge in [0, 0.05) is 18.8 Å². The molecule has 0 N–H and O–H groups in total. The van der Waals surface area contributed by atoms with E-state index in [0.717, 1.165) is 0 Å². The molecule has 0 aliphatic heterocycles. The first-order valence-corrected chi connectivity index (χ1v) is 3.38. The molecular weight excluding hydrogens is 136 g/mol. The number of nitrogens with zero attached hydrogens (tertiary/aromatic N) is 1. The van der Waals surface area contributed by atoms with Crippen LogP contribution in [0.3, 0.4) is 0 Å². The summed E-state index contributed by atoms with van der Waals surface area (Å²) in [4.78, 5) is 3.24. The van der Waals surface area contributed by atoms with Crippen LogP contribution in [0.15, 0.2) is 0 Å². The van der Waals surface area contributed by atoms with E-state index >= 15 is 0 Å². The lowest BCUT2D eigenvalue weighted by molar-refractivity contribution is 0.0805. The fourth-order valence-electron chi connectivity index (χ4n) is 1.34. The molecule has 0 spiro atoms. The third kappa shape index (κ3) is 1.44. The van der Waals surface area contributed by atoms with E-state index in [0.29, 0.717) is 19.3 Å². The van der Waals surface area contributed by atoms with Crippen LogP contribution in [0, 0.1) is 12.5 Å². The molecule has 1 rings (SSSR count). The van der Waals surface area contributed by atoms with Gasteiger partial charge < -0.3 is 4.85 Å². The second kappa shape index (κ2) is 2.96. The van der Waals surface area contributed by atoms with Gasteiger partial charge in [-0.15, -0.1) is 0 Å². The van der Waals surface area contributed by atoms with Crippen LogP contribution in [-0.2, 0) is 0 Å². The molecule has 3 heteroatoms. The maximum atomic E-state index is 11.9. The van der Waals surface area contributed by atoms with Gasteiger partial charge in [-0.1, -0.05) is 0 Å². The summed E-state index contributed by atoms with van der Waals surface area (Å²) in [7, 11) is 0. The minimum atomic E-state index is -2.22. The molecule has 0 radical (unpaired) electrons. The highest BCUT2D eigenvalue weighted by Gasteiger charge is 2.34. The predicted octanol–water partition coefficient (Wildman–Crippen LogP) is 2.34. The Morgan fingerprint density at radius 3 is 2.40 bits per heavy atom. The molecule has 0 heterocycles. The van der Waals surface area contributed by atoms with E-state index in [2.05, 4.69) is 4.85 Å². The zero-order chi connectivity index (χ0) is 7.56. The lowest BCUT2D eigenvalue weighted by atomic mass is 10.1. The topological polar surface area (TPSA) is 4.36 Å². The Morgan fingerprint density at radius 2 is 2.10 bits per heavy atom. The molecule has 1 nitrogen and oxygen atoms in total. The zero-order valence-electron chi connectivity index (χ0n) is 5.56. The molecule has 1 aliphatic carbocycles. The van der Waals surface area contributed by atoms with Crippen molar-refractivity contribution in [3.05, 3.63) is 11.4 Å². The van der Waals surface area contributed by atoms with E-state index in [9.17, 15) is 8.78 Å². The predicted molar refractivity (Wildman–Crippen MR) is 33.7 cm³/mol. The monoisotopic (exact) mass is 145 g/mol. The maximum Gasteiger partial charge on any atom is 0.241 e. The molecule has 2 unspecified atom stereocenters. The lowest BCUT2D eigenvalue weighted by Gasteiger charge is -2.03. The molecular formula is C7H9F2N. The van der Waals surface area contributed by atoms with Gasteiger partial charge in [0.05, 0.1) is 0 Å². The highest BCUT2D eigenvalue weighted by atomic mass is 19.3. The number of hydrogen-bond acceptors (Lipinski definition) is 0. The molecule has 56 valence electrons. The summed E-state index contributed by atoms with van der Waals surface area (Å²) >= 11 is 0. The van der Waals surface area contributed by atoms with Crippen molar-refractivity contribution in [1.82, 2.24) is 0 Å². The van der Waals surface area contributed by atoms with Gasteiger partial charge in [0.15, 0.2) is 0 Å². The summed E-state index contributed by atoms with van der Waals surface area (Å²) in [6.45, 7) is 6.61. The van der Waals surface area contributed by atoms with Gasteiger partial charge in [0.25, 0.3) is 0 Å². The normalized spacial score (nSPS) is 32.6. The quantitative estimate of drug-likeness (QED) is 0.499. The Morgan fingerprint density at radius 1 is 1.40 bits per heavy atom. The average molecular weight is 145 g/mol. The van der Waals surface area contributed by atoms with Crippen LogP contribution in [-0.4, -0.2) is 12.5 Å². The largest absolute Gasteiger partial charge is 0.314 e. The molecule has 0 saturated heterocycles. The summed E-state index contributed by atoms with van der Waals surface area (Å²) in [5.41, 5.74) is 0. The van der Waals surface area contributed by atoms with E-state index in [-0.39, 0.29) is 6.04 Å². The molecule has 0 aromatic rings. The fourth-order valence-corrected chi connectivity index (χ4v) is 1.34. The Hall–Kier alpha value is -0.650. The molecule has 1 fully saturated rings. The Kier molecular flexibility index (Phi) is 2.21. The maximum absolute atomic E-state index is 11.9. The second-order valence-corrected chi connectivity index (χ2v) is 2.69. The van der Waals surface area contributed by atoms with Crippen LogP contribution in [0.5, 0.6) is 0 Å². The van der Waals surface area contributed by atoms with Gasteiger partial charge >= 0.3 is 0 Å². The van der Waals surface area contributed by atoms with Crippen molar-refractivity contribution in [2.75, 3.05) is 0 Å². The first-order valence-electron chi connectivity index (χ1n) is 3.38. The van der Waals surface area contributed by atoms with Crippen molar-refractivity contribution in [3.8, 4) is 0 Å². The second-order valence-electron chi connectivity index (χ2n) is 2.69. The Balaban J connectivity index is 2.37. The number of rotatable bonds is 1. The molecule has 1 saturated carbocycles. The van der Waals surface area contributed by atoms with Crippen LogP contribution < -0.4 is 0 Å². The third-order valence-electron chi connectivity index (χ3n) is 1.98. The number of hydrogen-bond donors (Lipinski definition) is 0. The highest BCUT2D eigenvalue weighted by Crippen LogP contribution is 2.32. The van der Waals surface area contributed by atoms with Crippen LogP contribution in [0.25, 0.3) is 4.85 Å². The van der Waals surface area contributed by atoms with E-state index in [1.807, 2.05) is 0 Å². The fraction of sp³-hybridized carbons (Fsp3) is 0.857. The van der Waals surface area contributed by atoms with Gasteiger partial charge in [0.2, 0.25) is 12.5 Å². The lowest BCUT2D eigenvalue weighted by Crippen LogP contribution is -2.07. The van der Waals surface area contributed by atoms with E-state index < -0.39 is 12.3 Å². The standard InChI is InChI=1S/C7H9F2N/c1-10-6-3-2-5(4-6)7(8)9/h5-7H,2-4H2. The van der Waals surface area contributed by atoms with Crippen LogP contribution in [0.1, 0.15) is 19.3 Å². The molecule has 0 amide bonds. The van der Waals surface area contributed by atoms with Gasteiger partial charge in [-0.3, -0.25) is 0 Å². The summed E-state index contributed by atoms with van der Waals surface area (Å²) < 4.78 is 23.9. The summed E-state index contributed by atoms with van der Waals surface area (Å²) in [6.07, 6.45) is -0.614. The first-order chi connectivity index (χ1) is 4.74. The highest BCUT2D eigenvalue weighted by molar-refractivity contribution is 4.88. The Labute approximate surface area is 58.9 Å². The van der Waals surface area contributed by atoms with Crippen molar-refractivity contribution in [1.29, 1.82) is 0 Å². The molecule has 1 aliphatic rings. The van der Waals surface area contributed by atoms with Gasteiger partial charge in [-0.2, -0.15) is 0 Å². The van der Waals surface area contributed by atoms with Gasteiger partial charge in [-0.05, 0) is 6.42 Å². The average Bonchev–Trinajstić information content (AvgIpc) is 2.34. The van der Waals surface area contributed by atoms with Crippen molar-refractivity contribution in [2.24, 2.45) is 5.92 Å². The summed E-state index contributed by atoms with van der Waals surface area (Å²) in [5.74, 6) is -0.501. The smallest absolute Gasteiger partial charge is 0.241 e.